The summed E-state index contributed by atoms with van der Waals surface area (Å²) >= 11 is 11.4. The number of halogens is 1. The van der Waals surface area contributed by atoms with Gasteiger partial charge in [0.15, 0.2) is 5.11 Å². The molecule has 0 unspecified atom stereocenters. The van der Waals surface area contributed by atoms with Crippen LogP contribution in [-0.4, -0.2) is 12.2 Å². The van der Waals surface area contributed by atoms with Crippen molar-refractivity contribution < 1.29 is 4.74 Å². The molecule has 0 saturated carbocycles. The zero-order valence-corrected chi connectivity index (χ0v) is 15.3. The van der Waals surface area contributed by atoms with E-state index in [0.717, 1.165) is 17.1 Å². The van der Waals surface area contributed by atoms with Crippen LogP contribution in [0.15, 0.2) is 42.5 Å². The molecule has 0 amide bonds. The fraction of sp³-hybridized carbons (Fsp3) is 0.278. The van der Waals surface area contributed by atoms with E-state index in [2.05, 4.69) is 43.5 Å². The molecule has 3 nitrogen and oxygen atoms in total. The average Bonchev–Trinajstić information content (AvgIpc) is 2.46. The number of nitrogens with one attached hydrogen (secondary N) is 2. The predicted molar refractivity (Wildman–Crippen MR) is 103 cm³/mol. The van der Waals surface area contributed by atoms with Gasteiger partial charge in [0, 0.05) is 10.7 Å². The highest BCUT2D eigenvalue weighted by molar-refractivity contribution is 7.80. The van der Waals surface area contributed by atoms with Crippen LogP contribution in [0.25, 0.3) is 0 Å². The van der Waals surface area contributed by atoms with Gasteiger partial charge in [0.05, 0.1) is 12.8 Å². The van der Waals surface area contributed by atoms with Crippen LogP contribution in [0.3, 0.4) is 0 Å². The van der Waals surface area contributed by atoms with Crippen LogP contribution in [0.5, 0.6) is 5.75 Å². The molecule has 0 radical (unpaired) electrons. The first-order valence-corrected chi connectivity index (χ1v) is 8.10. The maximum atomic E-state index is 5.98. The van der Waals surface area contributed by atoms with Crippen molar-refractivity contribution in [1.82, 2.24) is 0 Å². The average molecular weight is 349 g/mol. The summed E-state index contributed by atoms with van der Waals surface area (Å²) < 4.78 is 5.41. The van der Waals surface area contributed by atoms with Gasteiger partial charge >= 0.3 is 0 Å². The largest absolute Gasteiger partial charge is 0.495 e. The fourth-order valence-electron chi connectivity index (χ4n) is 2.12. The van der Waals surface area contributed by atoms with Crippen molar-refractivity contribution in [3.05, 3.63) is 53.1 Å². The molecule has 23 heavy (non-hydrogen) atoms. The van der Waals surface area contributed by atoms with Crippen LogP contribution in [0.4, 0.5) is 11.4 Å². The van der Waals surface area contributed by atoms with E-state index in [9.17, 15) is 0 Å². The minimum atomic E-state index is 0.0463. The maximum absolute atomic E-state index is 5.98. The lowest BCUT2D eigenvalue weighted by Gasteiger charge is -2.22. The van der Waals surface area contributed by atoms with Crippen LogP contribution >= 0.6 is 23.8 Å². The molecule has 5 heteroatoms. The van der Waals surface area contributed by atoms with Gasteiger partial charge in [-0.1, -0.05) is 44.5 Å². The van der Waals surface area contributed by atoms with Gasteiger partial charge in [-0.15, -0.1) is 0 Å². The molecular weight excluding hydrogens is 328 g/mol. The first-order chi connectivity index (χ1) is 10.8. The summed E-state index contributed by atoms with van der Waals surface area (Å²) in [6.07, 6.45) is 0. The number of hydrogen-bond acceptors (Lipinski definition) is 2. The molecule has 0 spiro atoms. The summed E-state index contributed by atoms with van der Waals surface area (Å²) in [5, 5.41) is 7.46. The molecule has 2 N–H and O–H groups in total. The number of thiocarbonyl (C=S) groups is 1. The van der Waals surface area contributed by atoms with Gasteiger partial charge < -0.3 is 15.4 Å². The third-order valence-electron chi connectivity index (χ3n) is 3.40. The summed E-state index contributed by atoms with van der Waals surface area (Å²) in [6.45, 7) is 6.50. The van der Waals surface area contributed by atoms with Gasteiger partial charge in [0.1, 0.15) is 5.75 Å². The van der Waals surface area contributed by atoms with Crippen molar-refractivity contribution in [2.24, 2.45) is 0 Å². The fourth-order valence-corrected chi connectivity index (χ4v) is 2.54. The Balaban J connectivity index is 2.19. The number of ether oxygens (including phenoxy) is 1. The van der Waals surface area contributed by atoms with E-state index in [4.69, 9.17) is 28.6 Å². The summed E-state index contributed by atoms with van der Waals surface area (Å²) in [5.74, 6) is 0.744. The van der Waals surface area contributed by atoms with Crippen LogP contribution in [0.2, 0.25) is 5.02 Å². The molecule has 2 aromatic carbocycles. The van der Waals surface area contributed by atoms with Crippen molar-refractivity contribution in [3.63, 3.8) is 0 Å². The second-order valence-corrected chi connectivity index (χ2v) is 7.10. The summed E-state index contributed by atoms with van der Waals surface area (Å²) in [7, 11) is 1.64. The lowest BCUT2D eigenvalue weighted by molar-refractivity contribution is 0.416. The summed E-state index contributed by atoms with van der Waals surface area (Å²) in [5.41, 5.74) is 2.91. The molecule has 0 aliphatic rings. The standard InChI is InChI=1S/C18H21ClN2OS/c1-18(2,3)12-8-9-16(22-4)15(10-12)21-17(23)20-14-7-5-6-13(19)11-14/h5-11H,1-4H3,(H2,20,21,23). The third-order valence-corrected chi connectivity index (χ3v) is 3.84. The Morgan fingerprint density at radius 3 is 2.43 bits per heavy atom. The smallest absolute Gasteiger partial charge is 0.175 e. The van der Waals surface area contributed by atoms with Crippen molar-refractivity contribution in [2.45, 2.75) is 26.2 Å². The van der Waals surface area contributed by atoms with E-state index >= 15 is 0 Å². The zero-order valence-electron chi connectivity index (χ0n) is 13.7. The van der Waals surface area contributed by atoms with Crippen molar-refractivity contribution in [2.75, 3.05) is 17.7 Å². The third kappa shape index (κ3) is 4.85. The Morgan fingerprint density at radius 2 is 1.83 bits per heavy atom. The minimum Gasteiger partial charge on any atom is -0.495 e. The van der Waals surface area contributed by atoms with E-state index in [1.54, 1.807) is 7.11 Å². The highest BCUT2D eigenvalue weighted by Gasteiger charge is 2.16. The molecule has 0 heterocycles. The van der Waals surface area contributed by atoms with E-state index in [1.807, 2.05) is 30.3 Å². The molecule has 0 bridgehead atoms. The lowest BCUT2D eigenvalue weighted by atomic mass is 9.87. The molecule has 2 aromatic rings. The van der Waals surface area contributed by atoms with Crippen LogP contribution in [0.1, 0.15) is 26.3 Å². The van der Waals surface area contributed by atoms with E-state index < -0.39 is 0 Å². The van der Waals surface area contributed by atoms with Crippen molar-refractivity contribution in [3.8, 4) is 5.75 Å². The second kappa shape index (κ2) is 7.20. The van der Waals surface area contributed by atoms with Crippen molar-refractivity contribution in [1.29, 1.82) is 0 Å². The van der Waals surface area contributed by atoms with E-state index in [-0.39, 0.29) is 5.41 Å². The molecule has 0 aliphatic carbocycles. The molecular formula is C18H21ClN2OS. The molecule has 2 rings (SSSR count). The van der Waals surface area contributed by atoms with Gasteiger partial charge in [-0.25, -0.2) is 0 Å². The van der Waals surface area contributed by atoms with Gasteiger partial charge in [0.2, 0.25) is 0 Å². The Morgan fingerprint density at radius 1 is 1.09 bits per heavy atom. The molecule has 0 saturated heterocycles. The van der Waals surface area contributed by atoms with Crippen LogP contribution in [-0.2, 0) is 5.41 Å². The summed E-state index contributed by atoms with van der Waals surface area (Å²) in [4.78, 5) is 0. The quantitative estimate of drug-likeness (QED) is 0.722. The molecule has 0 atom stereocenters. The van der Waals surface area contributed by atoms with Gasteiger partial charge in [0.25, 0.3) is 0 Å². The Hall–Kier alpha value is -1.78. The van der Waals surface area contributed by atoms with Crippen LogP contribution in [0, 0.1) is 0 Å². The van der Waals surface area contributed by atoms with E-state index in [0.29, 0.717) is 10.1 Å². The second-order valence-electron chi connectivity index (χ2n) is 6.25. The predicted octanol–water partition coefficient (Wildman–Crippen LogP) is 5.46. The molecule has 0 fully saturated rings. The normalized spacial score (nSPS) is 11.0. The zero-order chi connectivity index (χ0) is 17.0. The molecule has 0 aliphatic heterocycles. The number of rotatable bonds is 3. The Bertz CT molecular complexity index is 710. The Labute approximate surface area is 148 Å². The number of methoxy groups -OCH3 is 1. The first kappa shape index (κ1) is 17.6. The van der Waals surface area contributed by atoms with Gasteiger partial charge in [-0.05, 0) is 53.5 Å². The monoisotopic (exact) mass is 348 g/mol. The topological polar surface area (TPSA) is 33.3 Å². The molecule has 122 valence electrons. The maximum Gasteiger partial charge on any atom is 0.175 e. The highest BCUT2D eigenvalue weighted by Crippen LogP contribution is 2.31. The van der Waals surface area contributed by atoms with Gasteiger partial charge in [-0.2, -0.15) is 0 Å². The summed E-state index contributed by atoms with van der Waals surface area (Å²) in [6, 6.07) is 13.5. The number of anilines is 2. The SMILES string of the molecule is COc1ccc(C(C)(C)C)cc1NC(=S)Nc1cccc(Cl)c1. The van der Waals surface area contributed by atoms with Gasteiger partial charge in [-0.3, -0.25) is 0 Å². The number of benzene rings is 2. The minimum absolute atomic E-state index is 0.0463. The van der Waals surface area contributed by atoms with E-state index in [1.165, 1.54) is 5.56 Å². The first-order valence-electron chi connectivity index (χ1n) is 7.31. The molecule has 0 aromatic heterocycles. The van der Waals surface area contributed by atoms with Crippen molar-refractivity contribution >= 4 is 40.3 Å². The number of hydrogen-bond donors (Lipinski definition) is 2. The lowest BCUT2D eigenvalue weighted by Crippen LogP contribution is -2.20. The highest BCUT2D eigenvalue weighted by atomic mass is 35.5. The Kier molecular flexibility index (Phi) is 5.50. The van der Waals surface area contributed by atoms with Crippen LogP contribution < -0.4 is 15.4 Å².